The highest BCUT2D eigenvalue weighted by atomic mass is 16.5. The van der Waals surface area contributed by atoms with Gasteiger partial charge in [-0.05, 0) is 18.8 Å². The molecule has 0 bridgehead atoms. The average molecular weight is 209 g/mol. The van der Waals surface area contributed by atoms with Crippen LogP contribution < -0.4 is 5.73 Å². The van der Waals surface area contributed by atoms with Gasteiger partial charge >= 0.3 is 0 Å². The molecular weight excluding hydrogens is 190 g/mol. The van der Waals surface area contributed by atoms with Crippen molar-refractivity contribution >= 4 is 0 Å². The van der Waals surface area contributed by atoms with Gasteiger partial charge in [-0.15, -0.1) is 0 Å². The number of aromatic nitrogens is 2. The molecule has 1 aliphatic rings. The van der Waals surface area contributed by atoms with Crippen molar-refractivity contribution in [1.82, 2.24) is 10.1 Å². The highest BCUT2D eigenvalue weighted by molar-refractivity contribution is 4.96. The minimum Gasteiger partial charge on any atom is -0.339 e. The molecule has 4 heteroatoms. The Bertz CT molecular complexity index is 305. The van der Waals surface area contributed by atoms with Gasteiger partial charge in [0.05, 0.1) is 6.04 Å². The topological polar surface area (TPSA) is 64.9 Å². The van der Waals surface area contributed by atoms with E-state index in [9.17, 15) is 0 Å². The molecule has 1 unspecified atom stereocenters. The van der Waals surface area contributed by atoms with Crippen molar-refractivity contribution in [1.29, 1.82) is 0 Å². The summed E-state index contributed by atoms with van der Waals surface area (Å²) in [6.45, 7) is 2.00. The first kappa shape index (κ1) is 10.6. The molecule has 1 aromatic heterocycles. The van der Waals surface area contributed by atoms with E-state index in [1.54, 1.807) is 0 Å². The fourth-order valence-electron chi connectivity index (χ4n) is 2.25. The second kappa shape index (κ2) is 4.75. The zero-order chi connectivity index (χ0) is 10.7. The van der Waals surface area contributed by atoms with Crippen molar-refractivity contribution < 1.29 is 4.52 Å². The van der Waals surface area contributed by atoms with E-state index >= 15 is 0 Å². The van der Waals surface area contributed by atoms with E-state index in [1.807, 2.05) is 6.92 Å². The molecule has 0 saturated heterocycles. The maximum Gasteiger partial charge on any atom is 0.226 e. The molecule has 2 rings (SSSR count). The Labute approximate surface area is 90.2 Å². The normalized spacial score (nSPS) is 20.4. The van der Waals surface area contributed by atoms with Gasteiger partial charge in [0.1, 0.15) is 0 Å². The fourth-order valence-corrected chi connectivity index (χ4v) is 2.25. The third-order valence-corrected chi connectivity index (χ3v) is 3.24. The molecule has 0 spiro atoms. The van der Waals surface area contributed by atoms with Crippen molar-refractivity contribution in [3.8, 4) is 0 Å². The monoisotopic (exact) mass is 209 g/mol. The van der Waals surface area contributed by atoms with E-state index in [0.29, 0.717) is 17.6 Å². The molecule has 15 heavy (non-hydrogen) atoms. The summed E-state index contributed by atoms with van der Waals surface area (Å²) in [6.07, 6.45) is 7.11. The SMILES string of the molecule is CCc1nc(C(N)C2CCCCC2)no1. The average Bonchev–Trinajstić information content (AvgIpc) is 2.78. The first-order valence-corrected chi connectivity index (χ1v) is 5.89. The van der Waals surface area contributed by atoms with Crippen molar-refractivity contribution in [3.63, 3.8) is 0 Å². The van der Waals surface area contributed by atoms with Gasteiger partial charge < -0.3 is 10.3 Å². The van der Waals surface area contributed by atoms with Gasteiger partial charge in [0.25, 0.3) is 0 Å². The lowest BCUT2D eigenvalue weighted by Crippen LogP contribution is -2.24. The van der Waals surface area contributed by atoms with E-state index in [-0.39, 0.29) is 6.04 Å². The van der Waals surface area contributed by atoms with Gasteiger partial charge in [0.2, 0.25) is 5.89 Å². The Balaban J connectivity index is 2.02. The van der Waals surface area contributed by atoms with Crippen molar-refractivity contribution in [2.75, 3.05) is 0 Å². The summed E-state index contributed by atoms with van der Waals surface area (Å²) in [7, 11) is 0. The molecule has 0 aromatic carbocycles. The molecule has 1 atom stereocenters. The Hall–Kier alpha value is -0.900. The molecular formula is C11H19N3O. The van der Waals surface area contributed by atoms with E-state index in [4.69, 9.17) is 10.3 Å². The standard InChI is InChI=1S/C11H19N3O/c1-2-9-13-11(14-15-9)10(12)8-6-4-3-5-7-8/h8,10H,2-7,12H2,1H3. The number of aryl methyl sites for hydroxylation is 1. The van der Waals surface area contributed by atoms with Gasteiger partial charge in [-0.2, -0.15) is 4.98 Å². The number of nitrogens with zero attached hydrogens (tertiary/aromatic N) is 2. The number of nitrogens with two attached hydrogens (primary N) is 1. The Kier molecular flexibility index (Phi) is 3.36. The summed E-state index contributed by atoms with van der Waals surface area (Å²) in [6, 6.07) is -0.0330. The fraction of sp³-hybridized carbons (Fsp3) is 0.818. The zero-order valence-corrected chi connectivity index (χ0v) is 9.28. The van der Waals surface area contributed by atoms with Gasteiger partial charge in [0.15, 0.2) is 5.82 Å². The quantitative estimate of drug-likeness (QED) is 0.829. The molecule has 1 saturated carbocycles. The van der Waals surface area contributed by atoms with Crippen LogP contribution in [0.1, 0.15) is 56.8 Å². The van der Waals surface area contributed by atoms with E-state index in [2.05, 4.69) is 10.1 Å². The zero-order valence-electron chi connectivity index (χ0n) is 9.28. The molecule has 84 valence electrons. The van der Waals surface area contributed by atoms with Crippen molar-refractivity contribution in [2.45, 2.75) is 51.5 Å². The smallest absolute Gasteiger partial charge is 0.226 e. The number of hydrogen-bond acceptors (Lipinski definition) is 4. The summed E-state index contributed by atoms with van der Waals surface area (Å²) < 4.78 is 5.08. The number of rotatable bonds is 3. The minimum absolute atomic E-state index is 0.0330. The summed E-state index contributed by atoms with van der Waals surface area (Å²) in [5.74, 6) is 1.93. The van der Waals surface area contributed by atoms with Gasteiger partial charge in [-0.25, -0.2) is 0 Å². The third-order valence-electron chi connectivity index (χ3n) is 3.24. The third kappa shape index (κ3) is 2.37. The van der Waals surface area contributed by atoms with Crippen LogP contribution in [-0.4, -0.2) is 10.1 Å². The summed E-state index contributed by atoms with van der Waals surface area (Å²) in [4.78, 5) is 4.30. The second-order valence-corrected chi connectivity index (χ2v) is 4.32. The van der Waals surface area contributed by atoms with Crippen LogP contribution in [0.3, 0.4) is 0 Å². The lowest BCUT2D eigenvalue weighted by Gasteiger charge is -2.25. The molecule has 1 aromatic rings. The predicted octanol–water partition coefficient (Wildman–Crippen LogP) is 2.21. The minimum atomic E-state index is -0.0330. The molecule has 1 aliphatic carbocycles. The highest BCUT2D eigenvalue weighted by Gasteiger charge is 2.25. The molecule has 0 aliphatic heterocycles. The van der Waals surface area contributed by atoms with E-state index < -0.39 is 0 Å². The summed E-state index contributed by atoms with van der Waals surface area (Å²) in [5, 5.41) is 3.95. The second-order valence-electron chi connectivity index (χ2n) is 4.32. The van der Waals surface area contributed by atoms with Crippen LogP contribution in [-0.2, 0) is 6.42 Å². The Morgan fingerprint density at radius 3 is 2.73 bits per heavy atom. The molecule has 2 N–H and O–H groups in total. The molecule has 0 radical (unpaired) electrons. The number of hydrogen-bond donors (Lipinski definition) is 1. The van der Waals surface area contributed by atoms with E-state index in [0.717, 1.165) is 6.42 Å². The lowest BCUT2D eigenvalue weighted by atomic mass is 9.84. The Morgan fingerprint density at radius 2 is 2.13 bits per heavy atom. The van der Waals surface area contributed by atoms with Crippen LogP contribution in [0.25, 0.3) is 0 Å². The maximum atomic E-state index is 6.15. The van der Waals surface area contributed by atoms with Crippen molar-refractivity contribution in [3.05, 3.63) is 11.7 Å². The molecule has 0 amide bonds. The molecule has 4 nitrogen and oxygen atoms in total. The van der Waals surface area contributed by atoms with E-state index in [1.165, 1.54) is 32.1 Å². The first-order chi connectivity index (χ1) is 7.31. The predicted molar refractivity (Wildman–Crippen MR) is 57.2 cm³/mol. The van der Waals surface area contributed by atoms with Gasteiger partial charge in [0, 0.05) is 6.42 Å². The van der Waals surface area contributed by atoms with Crippen LogP contribution in [0.2, 0.25) is 0 Å². The molecule has 1 fully saturated rings. The van der Waals surface area contributed by atoms with Gasteiger partial charge in [-0.1, -0.05) is 31.3 Å². The largest absolute Gasteiger partial charge is 0.339 e. The van der Waals surface area contributed by atoms with Gasteiger partial charge in [-0.3, -0.25) is 0 Å². The highest BCUT2D eigenvalue weighted by Crippen LogP contribution is 2.31. The van der Waals surface area contributed by atoms with Crippen LogP contribution >= 0.6 is 0 Å². The maximum absolute atomic E-state index is 6.15. The summed E-state index contributed by atoms with van der Waals surface area (Å²) >= 11 is 0. The lowest BCUT2D eigenvalue weighted by molar-refractivity contribution is 0.292. The molecule has 1 heterocycles. The van der Waals surface area contributed by atoms with Crippen LogP contribution in [0.15, 0.2) is 4.52 Å². The van der Waals surface area contributed by atoms with Crippen LogP contribution in [0.4, 0.5) is 0 Å². The van der Waals surface area contributed by atoms with Crippen LogP contribution in [0, 0.1) is 5.92 Å². The Morgan fingerprint density at radius 1 is 1.40 bits per heavy atom. The summed E-state index contributed by atoms with van der Waals surface area (Å²) in [5.41, 5.74) is 6.15. The van der Waals surface area contributed by atoms with Crippen molar-refractivity contribution in [2.24, 2.45) is 11.7 Å². The van der Waals surface area contributed by atoms with Crippen LogP contribution in [0.5, 0.6) is 0 Å². The first-order valence-electron chi connectivity index (χ1n) is 5.89.